The van der Waals surface area contributed by atoms with Gasteiger partial charge in [-0.3, -0.25) is 0 Å². The number of hydrogen-bond acceptors (Lipinski definition) is 3. The Hall–Kier alpha value is -1.81. The highest BCUT2D eigenvalue weighted by molar-refractivity contribution is 7.90. The standard InChI is InChI=1S/C19H24O3S/c1-5-6-15-11-17(13-18(12-15)22-14(2)3)16-7-9-19(10-8-16)23(4,20)21/h7-14H,5-6H2,1-4H3. The molecule has 0 fully saturated rings. The molecule has 124 valence electrons. The van der Waals surface area contributed by atoms with Crippen LogP contribution in [0, 0.1) is 0 Å². The molecule has 0 N–H and O–H groups in total. The molecule has 2 rings (SSSR count). The van der Waals surface area contributed by atoms with Gasteiger partial charge >= 0.3 is 0 Å². The molecule has 0 aliphatic carbocycles. The maximum atomic E-state index is 11.6. The van der Waals surface area contributed by atoms with Gasteiger partial charge in [0.1, 0.15) is 5.75 Å². The molecule has 23 heavy (non-hydrogen) atoms. The third-order valence-electron chi connectivity index (χ3n) is 3.49. The van der Waals surface area contributed by atoms with E-state index in [1.54, 1.807) is 12.1 Å². The van der Waals surface area contributed by atoms with E-state index >= 15 is 0 Å². The maximum Gasteiger partial charge on any atom is 0.175 e. The van der Waals surface area contributed by atoms with Gasteiger partial charge in [-0.25, -0.2) is 8.42 Å². The number of ether oxygens (including phenoxy) is 1. The zero-order valence-electron chi connectivity index (χ0n) is 14.2. The number of sulfone groups is 1. The molecule has 0 aromatic heterocycles. The van der Waals surface area contributed by atoms with Gasteiger partial charge in [0.15, 0.2) is 9.84 Å². The third kappa shape index (κ3) is 4.83. The molecular weight excluding hydrogens is 308 g/mol. The van der Waals surface area contributed by atoms with Gasteiger partial charge in [-0.2, -0.15) is 0 Å². The molecule has 0 spiro atoms. The van der Waals surface area contributed by atoms with Crippen molar-refractivity contribution in [3.63, 3.8) is 0 Å². The molecule has 0 bridgehead atoms. The van der Waals surface area contributed by atoms with E-state index in [0.717, 1.165) is 29.7 Å². The largest absolute Gasteiger partial charge is 0.491 e. The molecule has 0 aliphatic heterocycles. The summed E-state index contributed by atoms with van der Waals surface area (Å²) in [6.45, 7) is 6.16. The Balaban J connectivity index is 2.42. The fourth-order valence-electron chi connectivity index (χ4n) is 2.50. The second-order valence-electron chi connectivity index (χ2n) is 6.08. The van der Waals surface area contributed by atoms with Crippen LogP contribution in [0.15, 0.2) is 47.4 Å². The second-order valence-corrected chi connectivity index (χ2v) is 8.09. The van der Waals surface area contributed by atoms with Crippen LogP contribution in [0.25, 0.3) is 11.1 Å². The van der Waals surface area contributed by atoms with Crippen molar-refractivity contribution in [2.24, 2.45) is 0 Å². The van der Waals surface area contributed by atoms with Crippen LogP contribution < -0.4 is 4.74 Å². The molecule has 0 radical (unpaired) electrons. The van der Waals surface area contributed by atoms with Crippen LogP contribution in [-0.4, -0.2) is 20.8 Å². The predicted octanol–water partition coefficient (Wildman–Crippen LogP) is 4.50. The van der Waals surface area contributed by atoms with E-state index in [2.05, 4.69) is 19.1 Å². The highest BCUT2D eigenvalue weighted by Gasteiger charge is 2.09. The molecule has 2 aromatic rings. The van der Waals surface area contributed by atoms with Crippen molar-refractivity contribution in [1.29, 1.82) is 0 Å². The van der Waals surface area contributed by atoms with E-state index in [-0.39, 0.29) is 6.10 Å². The Morgan fingerprint density at radius 3 is 2.17 bits per heavy atom. The molecule has 0 atom stereocenters. The fourth-order valence-corrected chi connectivity index (χ4v) is 3.13. The molecule has 2 aromatic carbocycles. The SMILES string of the molecule is CCCc1cc(OC(C)C)cc(-c2ccc(S(C)(=O)=O)cc2)c1. The van der Waals surface area contributed by atoms with E-state index in [1.807, 2.05) is 32.0 Å². The summed E-state index contributed by atoms with van der Waals surface area (Å²) in [6.07, 6.45) is 3.40. The van der Waals surface area contributed by atoms with Crippen LogP contribution in [0.3, 0.4) is 0 Å². The molecule has 0 saturated carbocycles. The van der Waals surface area contributed by atoms with E-state index in [9.17, 15) is 8.42 Å². The van der Waals surface area contributed by atoms with Crippen LogP contribution >= 0.6 is 0 Å². The summed E-state index contributed by atoms with van der Waals surface area (Å²) in [5.41, 5.74) is 3.27. The summed E-state index contributed by atoms with van der Waals surface area (Å²) in [6, 6.07) is 13.2. The molecule has 4 heteroatoms. The number of aryl methyl sites for hydroxylation is 1. The first-order valence-electron chi connectivity index (χ1n) is 7.90. The van der Waals surface area contributed by atoms with Crippen molar-refractivity contribution < 1.29 is 13.2 Å². The average Bonchev–Trinajstić information content (AvgIpc) is 2.46. The lowest BCUT2D eigenvalue weighted by molar-refractivity contribution is 0.242. The van der Waals surface area contributed by atoms with Gasteiger partial charge in [-0.05, 0) is 61.2 Å². The highest BCUT2D eigenvalue weighted by Crippen LogP contribution is 2.28. The Bertz CT molecular complexity index is 760. The monoisotopic (exact) mass is 332 g/mol. The van der Waals surface area contributed by atoms with Gasteiger partial charge in [0.05, 0.1) is 11.0 Å². The number of hydrogen-bond donors (Lipinski definition) is 0. The fraction of sp³-hybridized carbons (Fsp3) is 0.368. The summed E-state index contributed by atoms with van der Waals surface area (Å²) >= 11 is 0. The quantitative estimate of drug-likeness (QED) is 0.782. The van der Waals surface area contributed by atoms with Crippen LogP contribution in [-0.2, 0) is 16.3 Å². The predicted molar refractivity (Wildman–Crippen MR) is 94.7 cm³/mol. The molecule has 0 heterocycles. The normalized spacial score (nSPS) is 11.7. The molecule has 0 amide bonds. The minimum atomic E-state index is -3.17. The third-order valence-corrected chi connectivity index (χ3v) is 4.62. The second kappa shape index (κ2) is 7.18. The lowest BCUT2D eigenvalue weighted by atomic mass is 10.0. The maximum absolute atomic E-state index is 11.6. The van der Waals surface area contributed by atoms with Crippen molar-refractivity contribution in [2.75, 3.05) is 6.26 Å². The minimum Gasteiger partial charge on any atom is -0.491 e. The summed E-state index contributed by atoms with van der Waals surface area (Å²) in [5, 5.41) is 0. The van der Waals surface area contributed by atoms with Crippen molar-refractivity contribution in [3.8, 4) is 16.9 Å². The minimum absolute atomic E-state index is 0.118. The van der Waals surface area contributed by atoms with Gasteiger partial charge in [0, 0.05) is 6.26 Å². The van der Waals surface area contributed by atoms with Crippen LogP contribution in [0.1, 0.15) is 32.8 Å². The lowest BCUT2D eigenvalue weighted by Gasteiger charge is -2.14. The zero-order chi connectivity index (χ0) is 17.0. The first-order chi connectivity index (χ1) is 10.8. The van der Waals surface area contributed by atoms with Crippen molar-refractivity contribution in [3.05, 3.63) is 48.0 Å². The first-order valence-corrected chi connectivity index (χ1v) is 9.80. The number of benzene rings is 2. The smallest absolute Gasteiger partial charge is 0.175 e. The Kier molecular flexibility index (Phi) is 5.47. The van der Waals surface area contributed by atoms with E-state index < -0.39 is 9.84 Å². The Labute approximate surface area is 139 Å². The van der Waals surface area contributed by atoms with Gasteiger partial charge in [-0.1, -0.05) is 31.5 Å². The van der Waals surface area contributed by atoms with E-state index in [0.29, 0.717) is 4.90 Å². The van der Waals surface area contributed by atoms with Crippen molar-refractivity contribution in [2.45, 2.75) is 44.6 Å². The van der Waals surface area contributed by atoms with E-state index in [4.69, 9.17) is 4.74 Å². The molecule has 0 saturated heterocycles. The molecule has 3 nitrogen and oxygen atoms in total. The van der Waals surface area contributed by atoms with Gasteiger partial charge in [-0.15, -0.1) is 0 Å². The van der Waals surface area contributed by atoms with E-state index in [1.165, 1.54) is 11.8 Å². The Morgan fingerprint density at radius 1 is 1.00 bits per heavy atom. The van der Waals surface area contributed by atoms with Gasteiger partial charge < -0.3 is 4.74 Å². The van der Waals surface area contributed by atoms with Crippen molar-refractivity contribution in [1.82, 2.24) is 0 Å². The highest BCUT2D eigenvalue weighted by atomic mass is 32.2. The molecular formula is C19H24O3S. The van der Waals surface area contributed by atoms with Gasteiger partial charge in [0.2, 0.25) is 0 Å². The summed E-state index contributed by atoms with van der Waals surface area (Å²) in [4.78, 5) is 0.338. The van der Waals surface area contributed by atoms with Crippen LogP contribution in [0.2, 0.25) is 0 Å². The lowest BCUT2D eigenvalue weighted by Crippen LogP contribution is -2.06. The summed E-state index contributed by atoms with van der Waals surface area (Å²) in [7, 11) is -3.17. The van der Waals surface area contributed by atoms with Crippen LogP contribution in [0.5, 0.6) is 5.75 Å². The summed E-state index contributed by atoms with van der Waals surface area (Å²) in [5.74, 6) is 0.855. The summed E-state index contributed by atoms with van der Waals surface area (Å²) < 4.78 is 29.0. The zero-order valence-corrected chi connectivity index (χ0v) is 15.0. The molecule has 0 aliphatic rings. The van der Waals surface area contributed by atoms with Crippen LogP contribution in [0.4, 0.5) is 0 Å². The Morgan fingerprint density at radius 2 is 1.65 bits per heavy atom. The number of rotatable bonds is 6. The average molecular weight is 332 g/mol. The van der Waals surface area contributed by atoms with Gasteiger partial charge in [0.25, 0.3) is 0 Å². The first kappa shape index (κ1) is 17.5. The topological polar surface area (TPSA) is 43.4 Å². The van der Waals surface area contributed by atoms with Crippen molar-refractivity contribution >= 4 is 9.84 Å². The molecule has 0 unspecified atom stereocenters.